The first-order valence-electron chi connectivity index (χ1n) is 6.26. The van der Waals surface area contributed by atoms with E-state index in [4.69, 9.17) is 34.7 Å². The summed E-state index contributed by atoms with van der Waals surface area (Å²) >= 11 is 11.6. The molecule has 0 aromatic heterocycles. The fraction of sp³-hybridized carbons (Fsp3) is 0. The summed E-state index contributed by atoms with van der Waals surface area (Å²) in [6.07, 6.45) is 2.82. The molecule has 0 fully saturated rings. The van der Waals surface area contributed by atoms with Crippen LogP contribution in [-0.2, 0) is 16.8 Å². The Morgan fingerprint density at radius 2 is 1.35 bits per heavy atom. The zero-order chi connectivity index (χ0) is 16.3. The van der Waals surface area contributed by atoms with Gasteiger partial charge in [-0.05, 0) is 18.2 Å². The van der Waals surface area contributed by atoms with E-state index in [0.717, 1.165) is 0 Å². The Bertz CT molecular complexity index is 711. The van der Waals surface area contributed by atoms with Crippen LogP contribution in [0.2, 0.25) is 10.0 Å². The minimum atomic E-state index is -0.118. The SMILES string of the molecule is [Co].[NH-]C(=Cc1cccc(Cl)c1O)C(N)=Cc1cccc(Cl)c1O. The Morgan fingerprint density at radius 1 is 0.913 bits per heavy atom. The van der Waals surface area contributed by atoms with Gasteiger partial charge in [0.1, 0.15) is 11.5 Å². The third-order valence-electron chi connectivity index (χ3n) is 2.96. The normalized spacial score (nSPS) is 11.9. The molecule has 2 aromatic rings. The molecule has 0 saturated carbocycles. The number of rotatable bonds is 3. The molecule has 1 radical (unpaired) electrons. The zero-order valence-corrected chi connectivity index (χ0v) is 14.2. The van der Waals surface area contributed by atoms with Gasteiger partial charge in [-0.25, -0.2) is 0 Å². The number of nitrogens with one attached hydrogen (secondary N) is 1. The van der Waals surface area contributed by atoms with Crippen molar-refractivity contribution in [3.05, 3.63) is 74.7 Å². The maximum absolute atomic E-state index is 9.83. The van der Waals surface area contributed by atoms with Crippen LogP contribution in [0.5, 0.6) is 11.5 Å². The minimum Gasteiger partial charge on any atom is -0.697 e. The molecule has 0 bridgehead atoms. The monoisotopic (exact) mass is 394 g/mol. The van der Waals surface area contributed by atoms with Crippen LogP contribution in [0.25, 0.3) is 17.9 Å². The molecular formula is C16H13Cl2CoN2O2-. The molecular weight excluding hydrogens is 382 g/mol. The molecule has 0 aliphatic heterocycles. The first kappa shape index (κ1) is 19.3. The fourth-order valence-electron chi connectivity index (χ4n) is 1.78. The van der Waals surface area contributed by atoms with Crippen molar-refractivity contribution in [2.75, 3.05) is 0 Å². The van der Waals surface area contributed by atoms with Gasteiger partial charge in [0.25, 0.3) is 0 Å². The van der Waals surface area contributed by atoms with Crippen molar-refractivity contribution >= 4 is 35.4 Å². The van der Waals surface area contributed by atoms with E-state index >= 15 is 0 Å². The van der Waals surface area contributed by atoms with Crippen LogP contribution in [0.15, 0.2) is 47.8 Å². The first-order valence-corrected chi connectivity index (χ1v) is 7.01. The number of halogens is 2. The van der Waals surface area contributed by atoms with E-state index in [0.29, 0.717) is 11.1 Å². The van der Waals surface area contributed by atoms with E-state index < -0.39 is 0 Å². The van der Waals surface area contributed by atoms with Gasteiger partial charge in [0.15, 0.2) is 0 Å². The molecule has 0 heterocycles. The smallest absolute Gasteiger partial charge is 0.141 e. The van der Waals surface area contributed by atoms with Crippen LogP contribution in [0, 0.1) is 0 Å². The van der Waals surface area contributed by atoms with Gasteiger partial charge in [0.2, 0.25) is 0 Å². The molecule has 23 heavy (non-hydrogen) atoms. The maximum Gasteiger partial charge on any atom is 0.141 e. The standard InChI is InChI=1S/C16H13Cl2N2O2.Co/c17-11-5-1-3-9(15(11)21)7-13(19)14(20)8-10-4-2-6-12(18)16(10)22;/h1-8,19,21-22H,20H2;/q-1;. The molecule has 7 heteroatoms. The molecule has 123 valence electrons. The summed E-state index contributed by atoms with van der Waals surface area (Å²) in [4.78, 5) is 0. The van der Waals surface area contributed by atoms with Crippen LogP contribution < -0.4 is 5.73 Å². The van der Waals surface area contributed by atoms with Crippen LogP contribution in [-0.4, -0.2) is 10.2 Å². The van der Waals surface area contributed by atoms with Gasteiger partial charge >= 0.3 is 0 Å². The number of benzene rings is 2. The molecule has 2 rings (SSSR count). The van der Waals surface area contributed by atoms with E-state index in [1.807, 2.05) is 0 Å². The second-order valence-corrected chi connectivity index (χ2v) is 5.33. The number of phenols is 2. The van der Waals surface area contributed by atoms with Gasteiger partial charge in [-0.1, -0.05) is 53.5 Å². The molecule has 0 amide bonds. The van der Waals surface area contributed by atoms with Crippen molar-refractivity contribution < 1.29 is 27.0 Å². The summed E-state index contributed by atoms with van der Waals surface area (Å²) < 4.78 is 0. The Labute approximate surface area is 154 Å². The second kappa shape index (κ2) is 8.17. The van der Waals surface area contributed by atoms with E-state index in [2.05, 4.69) is 0 Å². The Hall–Kier alpha value is -1.79. The number of nitrogens with two attached hydrogens (primary N) is 1. The molecule has 0 saturated heterocycles. The predicted octanol–water partition coefficient (Wildman–Crippen LogP) is 4.80. The quantitative estimate of drug-likeness (QED) is 0.653. The molecule has 0 aliphatic carbocycles. The van der Waals surface area contributed by atoms with Crippen molar-refractivity contribution in [1.82, 2.24) is 0 Å². The molecule has 0 unspecified atom stereocenters. The van der Waals surface area contributed by atoms with Gasteiger partial charge in [0.05, 0.1) is 10.0 Å². The van der Waals surface area contributed by atoms with Crippen LogP contribution in [0.3, 0.4) is 0 Å². The second-order valence-electron chi connectivity index (χ2n) is 4.51. The van der Waals surface area contributed by atoms with Crippen molar-refractivity contribution in [3.63, 3.8) is 0 Å². The van der Waals surface area contributed by atoms with E-state index in [9.17, 15) is 10.2 Å². The van der Waals surface area contributed by atoms with Gasteiger partial charge in [0, 0.05) is 33.6 Å². The number of aromatic hydroxyl groups is 2. The van der Waals surface area contributed by atoms with Gasteiger partial charge in [-0.3, -0.25) is 0 Å². The molecule has 5 N–H and O–H groups in total. The van der Waals surface area contributed by atoms with Crippen LogP contribution in [0.1, 0.15) is 11.1 Å². The van der Waals surface area contributed by atoms with Crippen molar-refractivity contribution in [3.8, 4) is 11.5 Å². The predicted molar refractivity (Wildman–Crippen MR) is 90.7 cm³/mol. The van der Waals surface area contributed by atoms with Crippen LogP contribution >= 0.6 is 23.2 Å². The van der Waals surface area contributed by atoms with Gasteiger partial charge in [-0.15, -0.1) is 5.70 Å². The van der Waals surface area contributed by atoms with Crippen molar-refractivity contribution in [1.29, 1.82) is 0 Å². The number of hydrogen-bond acceptors (Lipinski definition) is 3. The minimum absolute atomic E-state index is 0. The zero-order valence-electron chi connectivity index (χ0n) is 11.7. The van der Waals surface area contributed by atoms with Crippen LogP contribution in [0.4, 0.5) is 0 Å². The number of phenolic OH excluding ortho intramolecular Hbond substituents is 2. The number of para-hydroxylation sites is 2. The molecule has 0 aliphatic rings. The molecule has 0 spiro atoms. The maximum atomic E-state index is 9.83. The topological polar surface area (TPSA) is 90.3 Å². The average Bonchev–Trinajstić information content (AvgIpc) is 2.48. The summed E-state index contributed by atoms with van der Waals surface area (Å²) in [6.45, 7) is 0. The summed E-state index contributed by atoms with van der Waals surface area (Å²) in [6, 6.07) is 9.65. The summed E-state index contributed by atoms with van der Waals surface area (Å²) in [5.74, 6) is -0.224. The summed E-state index contributed by atoms with van der Waals surface area (Å²) in [5.41, 5.74) is 14.7. The third-order valence-corrected chi connectivity index (χ3v) is 3.57. The van der Waals surface area contributed by atoms with E-state index in [1.54, 1.807) is 36.4 Å². The van der Waals surface area contributed by atoms with Crippen molar-refractivity contribution in [2.24, 2.45) is 5.73 Å². The van der Waals surface area contributed by atoms with E-state index in [-0.39, 0.29) is 49.7 Å². The molecule has 0 atom stereocenters. The third kappa shape index (κ3) is 4.59. The Balaban J connectivity index is 0.00000264. The summed E-state index contributed by atoms with van der Waals surface area (Å²) in [7, 11) is 0. The van der Waals surface area contributed by atoms with Crippen molar-refractivity contribution in [2.45, 2.75) is 0 Å². The molecule has 2 aromatic carbocycles. The largest absolute Gasteiger partial charge is 0.697 e. The summed E-state index contributed by atoms with van der Waals surface area (Å²) in [5, 5.41) is 20.0. The first-order chi connectivity index (χ1) is 10.4. The average molecular weight is 395 g/mol. The Kier molecular flexibility index (Phi) is 6.84. The van der Waals surface area contributed by atoms with E-state index in [1.165, 1.54) is 12.2 Å². The number of hydrogen-bond donors (Lipinski definition) is 3. The van der Waals surface area contributed by atoms with Gasteiger partial charge < -0.3 is 21.7 Å². The Morgan fingerprint density at radius 3 is 1.83 bits per heavy atom. The molecule has 4 nitrogen and oxygen atoms in total. The van der Waals surface area contributed by atoms with Gasteiger partial charge in [-0.2, -0.15) is 0 Å². The fourth-order valence-corrected chi connectivity index (χ4v) is 2.14.